The second-order valence-electron chi connectivity index (χ2n) is 3.44. The summed E-state index contributed by atoms with van der Waals surface area (Å²) in [4.78, 5) is 0. The first kappa shape index (κ1) is 8.54. The lowest BCUT2D eigenvalue weighted by molar-refractivity contribution is 0.754. The topological polar surface area (TPSA) is 0 Å². The maximum atomic E-state index is 2.58. The highest BCUT2D eigenvalue weighted by Crippen LogP contribution is 2.24. The third-order valence-corrected chi connectivity index (χ3v) is 3.82. The Kier molecular flexibility index (Phi) is 2.69. The molecule has 0 amide bonds. The number of hydrogen-bond acceptors (Lipinski definition) is 0. The highest BCUT2D eigenvalue weighted by Gasteiger charge is 2.12. The summed E-state index contributed by atoms with van der Waals surface area (Å²) in [5.74, 6) is 0. The Morgan fingerprint density at radius 2 is 1.50 bits per heavy atom. The fraction of sp³-hybridized carbons (Fsp3) is 0.455. The van der Waals surface area contributed by atoms with E-state index in [9.17, 15) is 0 Å². The van der Waals surface area contributed by atoms with Crippen molar-refractivity contribution in [1.82, 2.24) is 0 Å². The van der Waals surface area contributed by atoms with Gasteiger partial charge in [-0.2, -0.15) is 0 Å². The minimum absolute atomic E-state index is 0.884. The van der Waals surface area contributed by atoms with E-state index in [0.717, 1.165) is 3.92 Å². The molecule has 0 radical (unpaired) electrons. The van der Waals surface area contributed by atoms with Gasteiger partial charge in [0.2, 0.25) is 0 Å². The third kappa shape index (κ3) is 1.82. The number of fused-ring (bicyclic) bond motifs is 1. The highest BCUT2D eigenvalue weighted by atomic mass is 127. The van der Waals surface area contributed by atoms with E-state index in [-0.39, 0.29) is 0 Å². The molecule has 0 atom stereocenters. The zero-order valence-electron chi connectivity index (χ0n) is 7.09. The van der Waals surface area contributed by atoms with Crippen LogP contribution in [0.1, 0.15) is 24.0 Å². The summed E-state index contributed by atoms with van der Waals surface area (Å²) in [6.07, 6.45) is 5.28. The molecule has 1 aliphatic rings. The normalized spacial score (nSPS) is 18.4. The molecule has 1 aliphatic carbocycles. The molecule has 64 valence electrons. The van der Waals surface area contributed by atoms with Crippen molar-refractivity contribution in [2.24, 2.45) is 0 Å². The Morgan fingerprint density at radius 1 is 1.00 bits per heavy atom. The fourth-order valence-corrected chi connectivity index (χ4v) is 2.44. The van der Waals surface area contributed by atoms with Crippen LogP contribution in [0.3, 0.4) is 0 Å². The van der Waals surface area contributed by atoms with Gasteiger partial charge in [0.15, 0.2) is 0 Å². The van der Waals surface area contributed by atoms with Crippen molar-refractivity contribution in [1.29, 1.82) is 0 Å². The molecule has 1 aromatic carbocycles. The number of aryl methyl sites for hydroxylation is 2. The predicted octanol–water partition coefficient (Wildman–Crippen LogP) is 3.37. The first-order valence-electron chi connectivity index (χ1n) is 4.57. The molecule has 0 heterocycles. The summed E-state index contributed by atoms with van der Waals surface area (Å²) in [6, 6.07) is 8.88. The maximum absolute atomic E-state index is 2.58. The standard InChI is InChI=1S/C11H13I/c12-11-7-5-9-3-1-2-4-10(9)6-8-11/h1-4,11H,5-8H2. The summed E-state index contributed by atoms with van der Waals surface area (Å²) in [6.45, 7) is 0. The van der Waals surface area contributed by atoms with Gasteiger partial charge in [-0.05, 0) is 36.8 Å². The van der Waals surface area contributed by atoms with Crippen LogP contribution in [0.15, 0.2) is 24.3 Å². The Bertz CT molecular complexity index is 240. The largest absolute Gasteiger partial charge is 0.0826 e. The highest BCUT2D eigenvalue weighted by molar-refractivity contribution is 14.1. The zero-order valence-corrected chi connectivity index (χ0v) is 9.25. The van der Waals surface area contributed by atoms with Crippen LogP contribution in [-0.2, 0) is 12.8 Å². The second kappa shape index (κ2) is 3.77. The van der Waals surface area contributed by atoms with Gasteiger partial charge in [0.1, 0.15) is 0 Å². The lowest BCUT2D eigenvalue weighted by Gasteiger charge is -2.02. The van der Waals surface area contributed by atoms with Crippen LogP contribution in [-0.4, -0.2) is 3.92 Å². The number of rotatable bonds is 0. The van der Waals surface area contributed by atoms with Gasteiger partial charge in [0.05, 0.1) is 0 Å². The van der Waals surface area contributed by atoms with Gasteiger partial charge in [0.25, 0.3) is 0 Å². The van der Waals surface area contributed by atoms with Crippen molar-refractivity contribution in [2.45, 2.75) is 29.6 Å². The molecule has 0 aliphatic heterocycles. The first-order valence-corrected chi connectivity index (χ1v) is 5.81. The molecule has 1 aromatic rings. The van der Waals surface area contributed by atoms with Crippen LogP contribution in [0.25, 0.3) is 0 Å². The number of halogens is 1. The van der Waals surface area contributed by atoms with Crippen LogP contribution in [0.2, 0.25) is 0 Å². The van der Waals surface area contributed by atoms with Gasteiger partial charge < -0.3 is 0 Å². The van der Waals surface area contributed by atoms with Crippen LogP contribution < -0.4 is 0 Å². The first-order chi connectivity index (χ1) is 5.86. The zero-order chi connectivity index (χ0) is 8.39. The van der Waals surface area contributed by atoms with Crippen molar-refractivity contribution in [3.8, 4) is 0 Å². The van der Waals surface area contributed by atoms with E-state index in [0.29, 0.717) is 0 Å². The van der Waals surface area contributed by atoms with Gasteiger partial charge in [-0.25, -0.2) is 0 Å². The van der Waals surface area contributed by atoms with Gasteiger partial charge >= 0.3 is 0 Å². The summed E-state index contributed by atoms with van der Waals surface area (Å²) < 4.78 is 0.884. The van der Waals surface area contributed by atoms with Gasteiger partial charge in [-0.1, -0.05) is 46.9 Å². The minimum atomic E-state index is 0.884. The average Bonchev–Trinajstić information content (AvgIpc) is 2.29. The van der Waals surface area contributed by atoms with E-state index in [1.165, 1.54) is 25.7 Å². The van der Waals surface area contributed by atoms with Crippen LogP contribution in [0, 0.1) is 0 Å². The molecule has 0 aromatic heterocycles. The van der Waals surface area contributed by atoms with Crippen molar-refractivity contribution >= 4 is 22.6 Å². The van der Waals surface area contributed by atoms with Gasteiger partial charge in [-0.3, -0.25) is 0 Å². The lowest BCUT2D eigenvalue weighted by Crippen LogP contribution is -1.95. The van der Waals surface area contributed by atoms with Crippen molar-refractivity contribution < 1.29 is 0 Å². The number of alkyl halides is 1. The molecule has 0 saturated carbocycles. The SMILES string of the molecule is IC1CCc2ccccc2CC1. The molecule has 1 heteroatoms. The molecule has 0 fully saturated rings. The third-order valence-electron chi connectivity index (χ3n) is 2.57. The Balaban J connectivity index is 2.26. The smallest absolute Gasteiger partial charge is 0.0116 e. The lowest BCUT2D eigenvalue weighted by atomic mass is 10.0. The van der Waals surface area contributed by atoms with Crippen LogP contribution in [0.4, 0.5) is 0 Å². The summed E-state index contributed by atoms with van der Waals surface area (Å²) in [5.41, 5.74) is 3.16. The van der Waals surface area contributed by atoms with E-state index >= 15 is 0 Å². The molecule has 12 heavy (non-hydrogen) atoms. The molecule has 0 unspecified atom stereocenters. The minimum Gasteiger partial charge on any atom is -0.0826 e. The summed E-state index contributed by atoms with van der Waals surface area (Å²) in [7, 11) is 0. The maximum Gasteiger partial charge on any atom is 0.0116 e. The number of benzene rings is 1. The predicted molar refractivity (Wildman–Crippen MR) is 60.9 cm³/mol. The van der Waals surface area contributed by atoms with E-state index in [1.54, 1.807) is 11.1 Å². The van der Waals surface area contributed by atoms with Crippen molar-refractivity contribution in [3.63, 3.8) is 0 Å². The van der Waals surface area contributed by atoms with E-state index < -0.39 is 0 Å². The molecule has 0 spiro atoms. The Labute approximate surface area is 87.5 Å². The molecular weight excluding hydrogens is 259 g/mol. The van der Waals surface area contributed by atoms with Crippen LogP contribution in [0.5, 0.6) is 0 Å². The summed E-state index contributed by atoms with van der Waals surface area (Å²) in [5, 5.41) is 0. The van der Waals surface area contributed by atoms with Crippen molar-refractivity contribution in [3.05, 3.63) is 35.4 Å². The fourth-order valence-electron chi connectivity index (χ4n) is 1.81. The van der Waals surface area contributed by atoms with Gasteiger partial charge in [0, 0.05) is 3.92 Å². The van der Waals surface area contributed by atoms with E-state index in [2.05, 4.69) is 46.9 Å². The van der Waals surface area contributed by atoms with E-state index in [1.807, 2.05) is 0 Å². The average molecular weight is 272 g/mol. The summed E-state index contributed by atoms with van der Waals surface area (Å²) >= 11 is 2.58. The molecule has 0 nitrogen and oxygen atoms in total. The number of hydrogen-bond donors (Lipinski definition) is 0. The van der Waals surface area contributed by atoms with Gasteiger partial charge in [-0.15, -0.1) is 0 Å². The molecular formula is C11H13I. The van der Waals surface area contributed by atoms with E-state index in [4.69, 9.17) is 0 Å². The molecule has 0 N–H and O–H groups in total. The van der Waals surface area contributed by atoms with Crippen LogP contribution >= 0.6 is 22.6 Å². The monoisotopic (exact) mass is 272 g/mol. The molecule has 0 bridgehead atoms. The second-order valence-corrected chi connectivity index (χ2v) is 5.20. The molecule has 2 rings (SSSR count). The van der Waals surface area contributed by atoms with Crippen molar-refractivity contribution in [2.75, 3.05) is 0 Å². The Morgan fingerprint density at radius 3 is 2.00 bits per heavy atom. The molecule has 0 saturated heterocycles. The Hall–Kier alpha value is -0.0500. The quantitative estimate of drug-likeness (QED) is 0.386.